The summed E-state index contributed by atoms with van der Waals surface area (Å²) in [5.41, 5.74) is 2.65. The molecule has 0 aliphatic rings. The number of hydrogen-bond donors (Lipinski definition) is 0. The first-order valence-corrected chi connectivity index (χ1v) is 4.54. The normalized spacial score (nSPS) is 9.79. The van der Waals surface area contributed by atoms with Gasteiger partial charge in [0, 0.05) is 32.7 Å². The van der Waals surface area contributed by atoms with Crippen molar-refractivity contribution in [1.29, 1.82) is 0 Å². The van der Waals surface area contributed by atoms with Crippen LogP contribution in [0.1, 0.15) is 18.1 Å². The first kappa shape index (κ1) is 13.8. The van der Waals surface area contributed by atoms with E-state index in [1.54, 1.807) is 6.08 Å². The van der Waals surface area contributed by atoms with Gasteiger partial charge in [-0.25, -0.2) is 0 Å². The Balaban J connectivity index is 0.00000169. The zero-order valence-corrected chi connectivity index (χ0v) is 11.4. The largest absolute Gasteiger partial charge is 0.394 e. The average molecular weight is 259 g/mol. The van der Waals surface area contributed by atoms with Gasteiger partial charge in [-0.05, 0) is 12.0 Å². The van der Waals surface area contributed by atoms with Crippen molar-refractivity contribution >= 4 is 0 Å². The average Bonchev–Trinajstić information content (AvgIpc) is 2.19. The molecule has 0 saturated heterocycles. The Labute approximate surface area is 112 Å². The molecule has 0 aromatic heterocycles. The van der Waals surface area contributed by atoms with E-state index in [0.29, 0.717) is 0 Å². The molecule has 0 spiro atoms. The Morgan fingerprint density at radius 3 is 2.29 bits per heavy atom. The predicted octanol–water partition coefficient (Wildman–Crippen LogP) is 3.14. The smallest absolute Gasteiger partial charge is 0 e. The van der Waals surface area contributed by atoms with Crippen LogP contribution >= 0.6 is 0 Å². The van der Waals surface area contributed by atoms with Gasteiger partial charge in [-0.1, -0.05) is 36.8 Å². The summed E-state index contributed by atoms with van der Waals surface area (Å²) in [6.45, 7) is 7.35. The molecule has 0 aliphatic heterocycles. The number of hydrogen-bond acceptors (Lipinski definition) is 0. The minimum atomic E-state index is 0. The molecule has 1 radical (unpaired) electrons. The van der Waals surface area contributed by atoms with Gasteiger partial charge in [0.1, 0.15) is 0 Å². The van der Waals surface area contributed by atoms with E-state index in [1.165, 1.54) is 17.2 Å². The second-order valence-electron chi connectivity index (χ2n) is 2.91. The quantitative estimate of drug-likeness (QED) is 0.575. The van der Waals surface area contributed by atoms with Gasteiger partial charge < -0.3 is 24.8 Å². The van der Waals surface area contributed by atoms with Gasteiger partial charge >= 0.3 is 0 Å². The van der Waals surface area contributed by atoms with E-state index in [1.807, 2.05) is 0 Å². The van der Waals surface area contributed by atoms with E-state index >= 15 is 0 Å². The van der Waals surface area contributed by atoms with E-state index in [4.69, 9.17) is 6.58 Å². The van der Waals surface area contributed by atoms with E-state index < -0.39 is 0 Å². The second kappa shape index (κ2) is 8.14. The molecule has 0 amide bonds. The molecular weight excluding hydrogens is 245 g/mol. The molecule has 1 aromatic carbocycles. The molecule has 71 valence electrons. The summed E-state index contributed by atoms with van der Waals surface area (Å²) in [7, 11) is 0. The zero-order chi connectivity index (χ0) is 9.52. The summed E-state index contributed by atoms with van der Waals surface area (Å²) in [4.78, 5) is 0. The van der Waals surface area contributed by atoms with Crippen molar-refractivity contribution in [2.24, 2.45) is 0 Å². The molecule has 0 N–H and O–H groups in total. The van der Waals surface area contributed by atoms with Gasteiger partial charge in [0.05, 0.1) is 0 Å². The van der Waals surface area contributed by atoms with Crippen molar-refractivity contribution in [3.8, 4) is 0 Å². The number of allylic oxidation sites excluding steroid dienone is 3. The Bertz CT molecular complexity index is 283. The summed E-state index contributed by atoms with van der Waals surface area (Å²) < 4.78 is 0. The van der Waals surface area contributed by atoms with Gasteiger partial charge in [-0.2, -0.15) is 0 Å². The first-order chi connectivity index (χ1) is 6.36. The van der Waals surface area contributed by atoms with Crippen LogP contribution in [0.4, 0.5) is 0 Å². The molecule has 0 nitrogen and oxygen atoms in total. The summed E-state index contributed by atoms with van der Waals surface area (Å²) in [6, 6.07) is 8.58. The molecule has 1 aromatic rings. The summed E-state index contributed by atoms with van der Waals surface area (Å²) >= 11 is 0. The van der Waals surface area contributed by atoms with Gasteiger partial charge in [0.2, 0.25) is 0 Å². The van der Waals surface area contributed by atoms with Crippen LogP contribution in [0, 0.1) is 12.7 Å². The molecule has 1 heteroatoms. The zero-order valence-electron chi connectivity index (χ0n) is 8.53. The van der Waals surface area contributed by atoms with Crippen molar-refractivity contribution in [1.82, 2.24) is 0 Å². The van der Waals surface area contributed by atoms with Crippen molar-refractivity contribution < 1.29 is 32.7 Å². The Morgan fingerprint density at radius 1 is 1.21 bits per heavy atom. The number of rotatable bonds is 4. The van der Waals surface area contributed by atoms with Crippen molar-refractivity contribution in [3.63, 3.8) is 0 Å². The molecular formula is C13H14Y-2. The molecule has 0 atom stereocenters. The van der Waals surface area contributed by atoms with Crippen molar-refractivity contribution in [3.05, 3.63) is 60.2 Å². The standard InChI is InChI=1S/C13H14.Y/c1-3-5-6-7-13-10-8-12(4-2)9-11-13;/h1,3,5,8-11H,4,7H2,2H3;/q-2;. The van der Waals surface area contributed by atoms with Crippen LogP contribution in [-0.4, -0.2) is 0 Å². The molecule has 1 rings (SSSR count). The summed E-state index contributed by atoms with van der Waals surface area (Å²) in [5.74, 6) is 0. The topological polar surface area (TPSA) is 0 Å². The molecule has 0 heterocycles. The maximum atomic E-state index is 5.20. The van der Waals surface area contributed by atoms with Crippen LogP contribution in [-0.2, 0) is 45.6 Å². The van der Waals surface area contributed by atoms with Crippen LogP contribution in [0.25, 0.3) is 0 Å². The fourth-order valence-corrected chi connectivity index (χ4v) is 1.14. The summed E-state index contributed by atoms with van der Waals surface area (Å²) in [5, 5.41) is 0. The van der Waals surface area contributed by atoms with Gasteiger partial charge in [0.25, 0.3) is 0 Å². The van der Waals surface area contributed by atoms with Crippen molar-refractivity contribution in [2.75, 3.05) is 0 Å². The van der Waals surface area contributed by atoms with Crippen LogP contribution in [0.2, 0.25) is 0 Å². The van der Waals surface area contributed by atoms with E-state index in [-0.39, 0.29) is 32.7 Å². The minimum Gasteiger partial charge on any atom is -0.394 e. The van der Waals surface area contributed by atoms with Gasteiger partial charge in [0.15, 0.2) is 0 Å². The van der Waals surface area contributed by atoms with E-state index in [0.717, 1.165) is 12.8 Å². The molecule has 0 aliphatic carbocycles. The number of aryl methyl sites for hydroxylation is 1. The third-order valence-corrected chi connectivity index (χ3v) is 1.95. The van der Waals surface area contributed by atoms with Gasteiger partial charge in [-0.3, -0.25) is 0 Å². The first-order valence-electron chi connectivity index (χ1n) is 4.54. The Kier molecular flexibility index (Phi) is 8.03. The van der Waals surface area contributed by atoms with Crippen LogP contribution in [0.3, 0.4) is 0 Å². The molecule has 0 saturated carbocycles. The maximum Gasteiger partial charge on any atom is 0 e. The monoisotopic (exact) mass is 259 g/mol. The number of benzene rings is 1. The molecule has 0 bridgehead atoms. The predicted molar refractivity (Wildman–Crippen MR) is 56.2 cm³/mol. The Morgan fingerprint density at radius 2 is 1.79 bits per heavy atom. The van der Waals surface area contributed by atoms with Crippen molar-refractivity contribution in [2.45, 2.75) is 19.8 Å². The van der Waals surface area contributed by atoms with Crippen LogP contribution in [0.5, 0.6) is 0 Å². The van der Waals surface area contributed by atoms with E-state index in [9.17, 15) is 0 Å². The van der Waals surface area contributed by atoms with E-state index in [2.05, 4.69) is 37.3 Å². The van der Waals surface area contributed by atoms with Gasteiger partial charge in [-0.15, -0.1) is 6.42 Å². The third kappa shape index (κ3) is 4.88. The second-order valence-corrected chi connectivity index (χ2v) is 2.91. The SMILES string of the molecule is [CH-]=CC=[C-]Cc1ccc(CC)cc1.[Y]. The minimum absolute atomic E-state index is 0. The summed E-state index contributed by atoms with van der Waals surface area (Å²) in [6.07, 6.45) is 8.25. The van der Waals surface area contributed by atoms with Crippen LogP contribution < -0.4 is 0 Å². The Hall–Kier alpha value is -0.196. The molecule has 14 heavy (non-hydrogen) atoms. The molecule has 0 fully saturated rings. The maximum absolute atomic E-state index is 5.20. The molecule has 0 unspecified atom stereocenters. The fraction of sp³-hybridized carbons (Fsp3) is 0.231. The fourth-order valence-electron chi connectivity index (χ4n) is 1.14. The third-order valence-electron chi connectivity index (χ3n) is 1.95. The van der Waals surface area contributed by atoms with Crippen LogP contribution in [0.15, 0.2) is 36.4 Å².